The Morgan fingerprint density at radius 3 is 2.35 bits per heavy atom. The largest absolute Gasteiger partial charge is 0.494 e. The standard InChI is InChI=1S/C28H41N5O6S/c1-5-7-12-31-22(34)20(21(29-3)40-6-2)23(35)33(26(31)38)19-8-10-27(11-9-19)16-28(17-27)24(36)30(4)25(37)32(28)13-18-14-39-15-18/h18-19,34H,5-17H2,1-4H3. The first-order chi connectivity index (χ1) is 19.1. The number of nitrogens with zero attached hydrogens (tertiary/aromatic N) is 5. The highest BCUT2D eigenvalue weighted by Gasteiger charge is 2.68. The molecule has 2 aliphatic heterocycles. The third-order valence-electron chi connectivity index (χ3n) is 9.38. The van der Waals surface area contributed by atoms with Crippen LogP contribution in [0.5, 0.6) is 5.88 Å². The molecule has 0 radical (unpaired) electrons. The summed E-state index contributed by atoms with van der Waals surface area (Å²) in [7, 11) is 3.15. The Hall–Kier alpha value is -2.60. The van der Waals surface area contributed by atoms with Gasteiger partial charge in [-0.05, 0) is 56.1 Å². The van der Waals surface area contributed by atoms with Gasteiger partial charge in [0.25, 0.3) is 11.5 Å². The first kappa shape index (κ1) is 28.9. The molecule has 40 heavy (non-hydrogen) atoms. The summed E-state index contributed by atoms with van der Waals surface area (Å²) in [6.45, 7) is 6.06. The second-order valence-electron chi connectivity index (χ2n) is 11.9. The summed E-state index contributed by atoms with van der Waals surface area (Å²) >= 11 is 1.37. The van der Waals surface area contributed by atoms with Gasteiger partial charge in [-0.2, -0.15) is 0 Å². The van der Waals surface area contributed by atoms with Crippen LogP contribution in [0.4, 0.5) is 4.79 Å². The maximum atomic E-state index is 13.7. The summed E-state index contributed by atoms with van der Waals surface area (Å²) in [5.74, 6) is 0.512. The number of hydrogen-bond acceptors (Lipinski definition) is 8. The number of hydrogen-bond donors (Lipinski definition) is 1. The minimum Gasteiger partial charge on any atom is -0.494 e. The molecule has 3 amide bonds. The van der Waals surface area contributed by atoms with Gasteiger partial charge in [-0.25, -0.2) is 9.59 Å². The van der Waals surface area contributed by atoms with E-state index in [9.17, 15) is 24.3 Å². The number of unbranched alkanes of at least 4 members (excludes halogenated alkanes) is 1. The zero-order valence-corrected chi connectivity index (χ0v) is 24.8. The maximum Gasteiger partial charge on any atom is 0.334 e. The van der Waals surface area contributed by atoms with Crippen LogP contribution in [-0.4, -0.2) is 86.2 Å². The van der Waals surface area contributed by atoms with Gasteiger partial charge in [0.05, 0.1) is 13.2 Å². The molecule has 4 fully saturated rings. The van der Waals surface area contributed by atoms with Crippen molar-refractivity contribution in [3.8, 4) is 5.88 Å². The Kier molecular flexibility index (Phi) is 7.95. The van der Waals surface area contributed by atoms with Crippen molar-refractivity contribution in [3.05, 3.63) is 26.4 Å². The number of carbonyl (C=O) groups excluding carboxylic acids is 2. The molecule has 3 heterocycles. The summed E-state index contributed by atoms with van der Waals surface area (Å²) < 4.78 is 7.97. The molecule has 0 atom stereocenters. The number of carbonyl (C=O) groups is 2. The van der Waals surface area contributed by atoms with Crippen LogP contribution < -0.4 is 11.2 Å². The molecule has 5 rings (SSSR count). The van der Waals surface area contributed by atoms with Crippen LogP contribution in [-0.2, 0) is 16.1 Å². The average molecular weight is 576 g/mol. The summed E-state index contributed by atoms with van der Waals surface area (Å²) in [5, 5.41) is 11.5. The van der Waals surface area contributed by atoms with Crippen molar-refractivity contribution in [3.63, 3.8) is 0 Å². The van der Waals surface area contributed by atoms with E-state index >= 15 is 0 Å². The molecule has 0 unspecified atom stereocenters. The molecule has 220 valence electrons. The maximum absolute atomic E-state index is 13.7. The first-order valence-electron chi connectivity index (χ1n) is 14.5. The highest BCUT2D eigenvalue weighted by atomic mass is 32.2. The Morgan fingerprint density at radius 1 is 1.12 bits per heavy atom. The van der Waals surface area contributed by atoms with E-state index in [1.807, 2.05) is 13.8 Å². The summed E-state index contributed by atoms with van der Waals surface area (Å²) in [4.78, 5) is 60.9. The molecule has 4 aliphatic rings. The third-order valence-corrected chi connectivity index (χ3v) is 10.3. The highest BCUT2D eigenvalue weighted by Crippen LogP contribution is 2.62. The molecule has 0 aromatic carbocycles. The van der Waals surface area contributed by atoms with Crippen LogP contribution in [0.25, 0.3) is 0 Å². The van der Waals surface area contributed by atoms with Crippen LogP contribution in [0.2, 0.25) is 0 Å². The lowest BCUT2D eigenvalue weighted by Gasteiger charge is -2.58. The minimum absolute atomic E-state index is 0.0926. The lowest BCUT2D eigenvalue weighted by molar-refractivity contribution is -0.152. The lowest BCUT2D eigenvalue weighted by atomic mass is 9.51. The number of urea groups is 1. The van der Waals surface area contributed by atoms with E-state index in [0.717, 1.165) is 19.3 Å². The second-order valence-corrected chi connectivity index (χ2v) is 13.2. The fourth-order valence-corrected chi connectivity index (χ4v) is 7.93. The Balaban J connectivity index is 1.39. The topological polar surface area (TPSA) is 126 Å². The molecule has 1 aromatic rings. The summed E-state index contributed by atoms with van der Waals surface area (Å²) in [6, 6.07) is -0.527. The molecule has 1 N–H and O–H groups in total. The lowest BCUT2D eigenvalue weighted by Crippen LogP contribution is -2.65. The van der Waals surface area contributed by atoms with E-state index in [1.54, 1.807) is 19.0 Å². The van der Waals surface area contributed by atoms with Gasteiger partial charge in [-0.1, -0.05) is 20.3 Å². The van der Waals surface area contributed by atoms with Gasteiger partial charge in [0.2, 0.25) is 5.88 Å². The molecular weight excluding hydrogens is 534 g/mol. The van der Waals surface area contributed by atoms with E-state index in [4.69, 9.17) is 4.74 Å². The normalized spacial score (nSPS) is 29.0. The predicted octanol–water partition coefficient (Wildman–Crippen LogP) is 2.82. The molecule has 2 saturated heterocycles. The van der Waals surface area contributed by atoms with Crippen LogP contribution >= 0.6 is 11.8 Å². The SMILES string of the molecule is CCCCn1c(O)c(C(=NC)SCC)c(=O)n(C2CCC3(CC2)CC2(C3)C(=O)N(C)C(=O)N2CC2COC2)c1=O. The third kappa shape index (κ3) is 4.51. The summed E-state index contributed by atoms with van der Waals surface area (Å²) in [5.41, 5.74) is -1.75. The van der Waals surface area contributed by atoms with Crippen molar-refractivity contribution < 1.29 is 19.4 Å². The average Bonchev–Trinajstić information content (AvgIpc) is 3.07. The monoisotopic (exact) mass is 575 g/mol. The molecule has 12 heteroatoms. The van der Waals surface area contributed by atoms with Gasteiger partial charge in [0.15, 0.2) is 0 Å². The van der Waals surface area contributed by atoms with Gasteiger partial charge in [0.1, 0.15) is 16.1 Å². The van der Waals surface area contributed by atoms with Crippen molar-refractivity contribution in [1.82, 2.24) is 18.9 Å². The smallest absolute Gasteiger partial charge is 0.334 e. The number of rotatable bonds is 8. The van der Waals surface area contributed by atoms with Crippen LogP contribution in [0.1, 0.15) is 76.8 Å². The van der Waals surface area contributed by atoms with Crippen LogP contribution in [0.15, 0.2) is 14.6 Å². The minimum atomic E-state index is -0.784. The first-order valence-corrected chi connectivity index (χ1v) is 15.5. The van der Waals surface area contributed by atoms with Crippen molar-refractivity contribution in [2.75, 3.05) is 39.6 Å². The molecule has 2 spiro atoms. The molecule has 2 aliphatic carbocycles. The van der Waals surface area contributed by atoms with Gasteiger partial charge in [-0.15, -0.1) is 11.8 Å². The van der Waals surface area contributed by atoms with Crippen LogP contribution in [0, 0.1) is 11.3 Å². The Bertz CT molecular complexity index is 1320. The van der Waals surface area contributed by atoms with Crippen molar-refractivity contribution in [2.45, 2.75) is 83.3 Å². The second kappa shape index (κ2) is 11.0. The van der Waals surface area contributed by atoms with Gasteiger partial charge in [-0.3, -0.25) is 28.6 Å². The molecule has 11 nitrogen and oxygen atoms in total. The van der Waals surface area contributed by atoms with E-state index in [0.29, 0.717) is 69.2 Å². The number of aromatic nitrogens is 2. The Morgan fingerprint density at radius 2 is 1.80 bits per heavy atom. The fraction of sp³-hybridized carbons (Fsp3) is 0.750. The quantitative estimate of drug-likeness (QED) is 0.287. The number of aromatic hydroxyl groups is 1. The molecule has 0 bridgehead atoms. The molecular formula is C28H41N5O6S. The van der Waals surface area contributed by atoms with Gasteiger partial charge < -0.3 is 14.7 Å². The van der Waals surface area contributed by atoms with Crippen LogP contribution in [0.3, 0.4) is 0 Å². The van der Waals surface area contributed by atoms with Crippen molar-refractivity contribution >= 4 is 28.7 Å². The molecule has 2 saturated carbocycles. The number of likely N-dealkylation sites (N-methyl/N-ethyl adjacent to an activating group) is 1. The van der Waals surface area contributed by atoms with Gasteiger partial charge >= 0.3 is 11.7 Å². The predicted molar refractivity (Wildman–Crippen MR) is 153 cm³/mol. The Labute approximate surface area is 238 Å². The van der Waals surface area contributed by atoms with E-state index < -0.39 is 16.8 Å². The highest BCUT2D eigenvalue weighted by molar-refractivity contribution is 8.14. The summed E-state index contributed by atoms with van der Waals surface area (Å²) in [6.07, 6.45) is 5.55. The van der Waals surface area contributed by atoms with Crippen molar-refractivity contribution in [1.29, 1.82) is 0 Å². The number of aliphatic imine (C=N–C) groups is 1. The molecule has 1 aromatic heterocycles. The van der Waals surface area contributed by atoms with Crippen molar-refractivity contribution in [2.24, 2.45) is 16.3 Å². The van der Waals surface area contributed by atoms with E-state index in [1.165, 1.54) is 25.8 Å². The fourth-order valence-electron chi connectivity index (χ4n) is 7.21. The van der Waals surface area contributed by atoms with E-state index in [-0.39, 0.29) is 40.8 Å². The number of ether oxygens (including phenoxy) is 1. The number of amides is 3. The zero-order chi connectivity index (χ0) is 28.8. The van der Waals surface area contributed by atoms with E-state index in [2.05, 4.69) is 4.99 Å². The number of imide groups is 1. The van der Waals surface area contributed by atoms with Gasteiger partial charge in [0, 0.05) is 39.1 Å². The zero-order valence-electron chi connectivity index (χ0n) is 24.0. The number of thioether (sulfide) groups is 1.